The summed E-state index contributed by atoms with van der Waals surface area (Å²) in [7, 11) is 1.70. The molecule has 0 spiro atoms. The SMILES string of the molecule is COc1ccc(N(Cc2ccc(C)cc2)CC(C)C)cc1. The first kappa shape index (κ1) is 15.4. The van der Waals surface area contributed by atoms with E-state index in [1.807, 2.05) is 12.1 Å². The van der Waals surface area contributed by atoms with Gasteiger partial charge in [0.05, 0.1) is 7.11 Å². The summed E-state index contributed by atoms with van der Waals surface area (Å²) in [4.78, 5) is 2.43. The highest BCUT2D eigenvalue weighted by Crippen LogP contribution is 2.22. The lowest BCUT2D eigenvalue weighted by Gasteiger charge is -2.27. The Bertz CT molecular complexity index is 543. The van der Waals surface area contributed by atoms with E-state index in [1.54, 1.807) is 7.11 Å². The van der Waals surface area contributed by atoms with E-state index in [1.165, 1.54) is 16.8 Å². The topological polar surface area (TPSA) is 12.5 Å². The fourth-order valence-electron chi connectivity index (χ4n) is 2.41. The molecule has 112 valence electrons. The number of methoxy groups -OCH3 is 1. The van der Waals surface area contributed by atoms with Crippen molar-refractivity contribution >= 4 is 5.69 Å². The van der Waals surface area contributed by atoms with Crippen molar-refractivity contribution in [3.05, 3.63) is 59.7 Å². The number of hydrogen-bond donors (Lipinski definition) is 0. The molecule has 0 amide bonds. The van der Waals surface area contributed by atoms with Crippen LogP contribution < -0.4 is 9.64 Å². The van der Waals surface area contributed by atoms with Crippen LogP contribution in [0.3, 0.4) is 0 Å². The minimum atomic E-state index is 0.623. The summed E-state index contributed by atoms with van der Waals surface area (Å²) in [5.41, 5.74) is 3.89. The van der Waals surface area contributed by atoms with E-state index in [4.69, 9.17) is 4.74 Å². The Morgan fingerprint density at radius 2 is 1.57 bits per heavy atom. The molecule has 0 fully saturated rings. The molecule has 2 aromatic rings. The van der Waals surface area contributed by atoms with Gasteiger partial charge >= 0.3 is 0 Å². The van der Waals surface area contributed by atoms with Crippen LogP contribution in [0.25, 0.3) is 0 Å². The third-order valence-electron chi connectivity index (χ3n) is 3.52. The molecule has 0 bridgehead atoms. The monoisotopic (exact) mass is 283 g/mol. The van der Waals surface area contributed by atoms with Gasteiger partial charge < -0.3 is 9.64 Å². The summed E-state index contributed by atoms with van der Waals surface area (Å²) in [5, 5.41) is 0. The van der Waals surface area contributed by atoms with Crippen molar-refractivity contribution in [2.45, 2.75) is 27.3 Å². The second-order valence-electron chi connectivity index (χ2n) is 5.96. The first-order chi connectivity index (χ1) is 10.1. The molecular formula is C19H25NO. The van der Waals surface area contributed by atoms with Gasteiger partial charge in [0.2, 0.25) is 0 Å². The molecule has 21 heavy (non-hydrogen) atoms. The summed E-state index contributed by atoms with van der Waals surface area (Å²) < 4.78 is 5.24. The van der Waals surface area contributed by atoms with E-state index >= 15 is 0 Å². The highest BCUT2D eigenvalue weighted by Gasteiger charge is 2.09. The maximum absolute atomic E-state index is 5.24. The summed E-state index contributed by atoms with van der Waals surface area (Å²) >= 11 is 0. The third kappa shape index (κ3) is 4.52. The molecule has 0 aliphatic heterocycles. The van der Waals surface area contributed by atoms with Crippen molar-refractivity contribution < 1.29 is 4.74 Å². The van der Waals surface area contributed by atoms with Gasteiger partial charge in [0, 0.05) is 18.8 Å². The fraction of sp³-hybridized carbons (Fsp3) is 0.368. The van der Waals surface area contributed by atoms with Crippen molar-refractivity contribution in [3.8, 4) is 5.75 Å². The smallest absolute Gasteiger partial charge is 0.119 e. The number of benzene rings is 2. The lowest BCUT2D eigenvalue weighted by Crippen LogP contribution is -2.27. The Balaban J connectivity index is 2.18. The molecule has 0 aliphatic rings. The highest BCUT2D eigenvalue weighted by atomic mass is 16.5. The molecular weight excluding hydrogens is 258 g/mol. The quantitative estimate of drug-likeness (QED) is 0.764. The molecule has 2 aromatic carbocycles. The Morgan fingerprint density at radius 1 is 0.952 bits per heavy atom. The van der Waals surface area contributed by atoms with Crippen LogP contribution in [0, 0.1) is 12.8 Å². The number of ether oxygens (including phenoxy) is 1. The van der Waals surface area contributed by atoms with Crippen LogP contribution in [0.5, 0.6) is 5.75 Å². The molecule has 2 nitrogen and oxygen atoms in total. The Hall–Kier alpha value is -1.96. The molecule has 0 heterocycles. The summed E-state index contributed by atoms with van der Waals surface area (Å²) in [6.45, 7) is 8.61. The number of nitrogens with zero attached hydrogens (tertiary/aromatic N) is 1. The Morgan fingerprint density at radius 3 is 2.10 bits per heavy atom. The van der Waals surface area contributed by atoms with Crippen LogP contribution in [0.15, 0.2) is 48.5 Å². The minimum Gasteiger partial charge on any atom is -0.497 e. The molecule has 0 aliphatic carbocycles. The van der Waals surface area contributed by atoms with Crippen molar-refractivity contribution in [1.29, 1.82) is 0 Å². The zero-order valence-electron chi connectivity index (χ0n) is 13.5. The predicted octanol–water partition coefficient (Wildman–Crippen LogP) is 4.67. The van der Waals surface area contributed by atoms with Crippen LogP contribution in [0.4, 0.5) is 5.69 Å². The van der Waals surface area contributed by atoms with Gasteiger partial charge in [-0.15, -0.1) is 0 Å². The van der Waals surface area contributed by atoms with E-state index in [0.717, 1.165) is 18.8 Å². The van der Waals surface area contributed by atoms with Gasteiger partial charge in [0.15, 0.2) is 0 Å². The van der Waals surface area contributed by atoms with Crippen LogP contribution in [-0.2, 0) is 6.54 Å². The first-order valence-corrected chi connectivity index (χ1v) is 7.53. The summed E-state index contributed by atoms with van der Waals surface area (Å²) in [6, 6.07) is 17.1. The molecule has 0 aromatic heterocycles. The second-order valence-corrected chi connectivity index (χ2v) is 5.96. The van der Waals surface area contributed by atoms with Gasteiger partial charge in [-0.05, 0) is 42.7 Å². The van der Waals surface area contributed by atoms with E-state index < -0.39 is 0 Å². The standard InChI is InChI=1S/C19H25NO/c1-15(2)13-20(14-17-7-5-16(3)6-8-17)18-9-11-19(21-4)12-10-18/h5-12,15H,13-14H2,1-4H3. The normalized spacial score (nSPS) is 10.7. The van der Waals surface area contributed by atoms with Crippen LogP contribution >= 0.6 is 0 Å². The van der Waals surface area contributed by atoms with Gasteiger partial charge in [0.25, 0.3) is 0 Å². The Kier molecular flexibility index (Phi) is 5.26. The molecule has 2 rings (SSSR count). The third-order valence-corrected chi connectivity index (χ3v) is 3.52. The van der Waals surface area contributed by atoms with E-state index in [9.17, 15) is 0 Å². The molecule has 0 atom stereocenters. The predicted molar refractivity (Wildman–Crippen MR) is 90.1 cm³/mol. The number of hydrogen-bond acceptors (Lipinski definition) is 2. The summed E-state index contributed by atoms with van der Waals surface area (Å²) in [6.07, 6.45) is 0. The van der Waals surface area contributed by atoms with E-state index in [2.05, 4.69) is 62.1 Å². The minimum absolute atomic E-state index is 0.623. The zero-order chi connectivity index (χ0) is 15.2. The largest absolute Gasteiger partial charge is 0.497 e. The molecule has 0 saturated carbocycles. The van der Waals surface area contributed by atoms with Crippen LogP contribution in [-0.4, -0.2) is 13.7 Å². The van der Waals surface area contributed by atoms with Gasteiger partial charge in [0.1, 0.15) is 5.75 Å². The molecule has 0 N–H and O–H groups in total. The van der Waals surface area contributed by atoms with Crippen LogP contribution in [0.2, 0.25) is 0 Å². The van der Waals surface area contributed by atoms with Crippen molar-refractivity contribution in [1.82, 2.24) is 0 Å². The molecule has 0 radical (unpaired) electrons. The zero-order valence-corrected chi connectivity index (χ0v) is 13.5. The average Bonchev–Trinajstić information content (AvgIpc) is 2.48. The van der Waals surface area contributed by atoms with Crippen LogP contribution in [0.1, 0.15) is 25.0 Å². The number of rotatable bonds is 6. The van der Waals surface area contributed by atoms with E-state index in [0.29, 0.717) is 5.92 Å². The lowest BCUT2D eigenvalue weighted by atomic mass is 10.1. The highest BCUT2D eigenvalue weighted by molar-refractivity contribution is 5.49. The Labute approximate surface area is 128 Å². The van der Waals surface area contributed by atoms with E-state index in [-0.39, 0.29) is 0 Å². The van der Waals surface area contributed by atoms with Crippen molar-refractivity contribution in [2.75, 3.05) is 18.6 Å². The molecule has 0 unspecified atom stereocenters. The van der Waals surface area contributed by atoms with Crippen molar-refractivity contribution in [3.63, 3.8) is 0 Å². The lowest BCUT2D eigenvalue weighted by molar-refractivity contribution is 0.415. The fourth-order valence-corrected chi connectivity index (χ4v) is 2.41. The second kappa shape index (κ2) is 7.16. The first-order valence-electron chi connectivity index (χ1n) is 7.53. The molecule has 2 heteroatoms. The average molecular weight is 283 g/mol. The maximum atomic E-state index is 5.24. The van der Waals surface area contributed by atoms with Gasteiger partial charge in [-0.1, -0.05) is 43.7 Å². The van der Waals surface area contributed by atoms with Gasteiger partial charge in [-0.2, -0.15) is 0 Å². The number of anilines is 1. The summed E-state index contributed by atoms with van der Waals surface area (Å²) in [5.74, 6) is 1.52. The van der Waals surface area contributed by atoms with Gasteiger partial charge in [-0.3, -0.25) is 0 Å². The van der Waals surface area contributed by atoms with Gasteiger partial charge in [-0.25, -0.2) is 0 Å². The number of aryl methyl sites for hydroxylation is 1. The van der Waals surface area contributed by atoms with Crippen molar-refractivity contribution in [2.24, 2.45) is 5.92 Å². The molecule has 0 saturated heterocycles. The maximum Gasteiger partial charge on any atom is 0.119 e.